The highest BCUT2D eigenvalue weighted by atomic mass is 32.1. The summed E-state index contributed by atoms with van der Waals surface area (Å²) in [5.41, 5.74) is 0.829. The number of Topliss-reactive ketones (excluding diaryl/α,β-unsaturated/α-hetero) is 1. The van der Waals surface area contributed by atoms with E-state index in [9.17, 15) is 18.0 Å². The zero-order valence-corrected chi connectivity index (χ0v) is 16.6. The maximum atomic E-state index is 12.9. The van der Waals surface area contributed by atoms with Gasteiger partial charge >= 0.3 is 6.18 Å². The zero-order chi connectivity index (χ0) is 21.7. The molecule has 0 atom stereocenters. The van der Waals surface area contributed by atoms with Crippen LogP contribution in [0.5, 0.6) is 11.5 Å². The highest BCUT2D eigenvalue weighted by molar-refractivity contribution is 7.80. The summed E-state index contributed by atoms with van der Waals surface area (Å²) < 4.78 is 44.4. The van der Waals surface area contributed by atoms with Crippen LogP contribution in [0.1, 0.15) is 22.8 Å². The van der Waals surface area contributed by atoms with Crippen LogP contribution in [0.2, 0.25) is 0 Å². The molecule has 4 nitrogen and oxygen atoms in total. The Morgan fingerprint density at radius 1 is 0.933 bits per heavy atom. The summed E-state index contributed by atoms with van der Waals surface area (Å²) in [6.45, 7) is 1.47. The standard InChI is InChI=1S/C22H17F3N2O2S/c1-14(28)15-6-4-8-17(12-15)26-21(30)27-19-10-2-3-11-20(19)29-18-9-5-7-16(13-18)22(23,24)25/h2-13H,1H3,(H2,26,27,30). The van der Waals surface area contributed by atoms with Gasteiger partial charge in [0.25, 0.3) is 0 Å². The first-order valence-corrected chi connectivity index (χ1v) is 9.26. The van der Waals surface area contributed by atoms with Crippen molar-refractivity contribution in [2.45, 2.75) is 13.1 Å². The second-order valence-corrected chi connectivity index (χ2v) is 6.75. The van der Waals surface area contributed by atoms with Gasteiger partial charge in [-0.05, 0) is 61.6 Å². The fourth-order valence-electron chi connectivity index (χ4n) is 2.62. The van der Waals surface area contributed by atoms with Crippen LogP contribution in [0.4, 0.5) is 24.5 Å². The molecule has 0 bridgehead atoms. The first-order chi connectivity index (χ1) is 14.2. The fourth-order valence-corrected chi connectivity index (χ4v) is 2.85. The number of hydrogen-bond donors (Lipinski definition) is 2. The molecular weight excluding hydrogens is 413 g/mol. The van der Waals surface area contributed by atoms with Gasteiger partial charge < -0.3 is 15.4 Å². The molecule has 0 aliphatic carbocycles. The number of ketones is 1. The molecule has 3 aromatic rings. The van der Waals surface area contributed by atoms with Gasteiger partial charge in [0.05, 0.1) is 11.3 Å². The Labute approximate surface area is 176 Å². The third-order valence-corrected chi connectivity index (χ3v) is 4.26. The average Bonchev–Trinajstić information content (AvgIpc) is 2.69. The van der Waals surface area contributed by atoms with Crippen molar-refractivity contribution in [1.29, 1.82) is 0 Å². The number of rotatable bonds is 5. The second kappa shape index (κ2) is 8.96. The molecule has 3 aromatic carbocycles. The topological polar surface area (TPSA) is 50.4 Å². The van der Waals surface area contributed by atoms with Crippen molar-refractivity contribution >= 4 is 34.5 Å². The highest BCUT2D eigenvalue weighted by Crippen LogP contribution is 2.34. The number of ether oxygens (including phenoxy) is 1. The van der Waals surface area contributed by atoms with Crippen molar-refractivity contribution in [1.82, 2.24) is 0 Å². The number of para-hydroxylation sites is 2. The number of carbonyl (C=O) groups is 1. The number of nitrogens with one attached hydrogen (secondary N) is 2. The van der Waals surface area contributed by atoms with Crippen LogP contribution in [0, 0.1) is 0 Å². The monoisotopic (exact) mass is 430 g/mol. The summed E-state index contributed by atoms with van der Waals surface area (Å²) in [7, 11) is 0. The minimum atomic E-state index is -4.46. The summed E-state index contributed by atoms with van der Waals surface area (Å²) in [4.78, 5) is 11.5. The zero-order valence-electron chi connectivity index (χ0n) is 15.8. The van der Waals surface area contributed by atoms with E-state index in [1.54, 1.807) is 48.5 Å². The predicted molar refractivity (Wildman–Crippen MR) is 114 cm³/mol. The number of alkyl halides is 3. The molecule has 0 unspecified atom stereocenters. The highest BCUT2D eigenvalue weighted by Gasteiger charge is 2.30. The van der Waals surface area contributed by atoms with Gasteiger partial charge in [0.2, 0.25) is 0 Å². The Kier molecular flexibility index (Phi) is 6.37. The number of hydrogen-bond acceptors (Lipinski definition) is 3. The van der Waals surface area contributed by atoms with Crippen LogP contribution in [-0.4, -0.2) is 10.9 Å². The lowest BCUT2D eigenvalue weighted by Crippen LogP contribution is -2.19. The second-order valence-electron chi connectivity index (χ2n) is 6.34. The summed E-state index contributed by atoms with van der Waals surface area (Å²) in [6.07, 6.45) is -4.46. The Morgan fingerprint density at radius 3 is 2.40 bits per heavy atom. The van der Waals surface area contributed by atoms with E-state index in [2.05, 4.69) is 10.6 Å². The summed E-state index contributed by atoms with van der Waals surface area (Å²) >= 11 is 5.31. The lowest BCUT2D eigenvalue weighted by Gasteiger charge is -2.15. The van der Waals surface area contributed by atoms with E-state index in [0.717, 1.165) is 12.1 Å². The van der Waals surface area contributed by atoms with Gasteiger partial charge in [0, 0.05) is 11.3 Å². The smallest absolute Gasteiger partial charge is 0.416 e. The molecule has 0 aliphatic heterocycles. The minimum absolute atomic E-state index is 0.0483. The largest absolute Gasteiger partial charge is 0.455 e. The molecule has 154 valence electrons. The Morgan fingerprint density at radius 2 is 1.67 bits per heavy atom. The first kappa shape index (κ1) is 21.3. The summed E-state index contributed by atoms with van der Waals surface area (Å²) in [5, 5.41) is 6.16. The summed E-state index contributed by atoms with van der Waals surface area (Å²) in [6, 6.07) is 18.2. The molecule has 0 saturated heterocycles. The fraction of sp³-hybridized carbons (Fsp3) is 0.0909. The van der Waals surface area contributed by atoms with E-state index >= 15 is 0 Å². The first-order valence-electron chi connectivity index (χ1n) is 8.85. The maximum Gasteiger partial charge on any atom is 0.416 e. The van der Waals surface area contributed by atoms with E-state index < -0.39 is 11.7 Å². The van der Waals surface area contributed by atoms with E-state index in [1.807, 2.05) is 0 Å². The normalized spacial score (nSPS) is 10.9. The molecule has 2 N–H and O–H groups in total. The van der Waals surface area contributed by atoms with E-state index in [1.165, 1.54) is 19.1 Å². The molecular formula is C22H17F3N2O2S. The van der Waals surface area contributed by atoms with Gasteiger partial charge in [0.1, 0.15) is 5.75 Å². The van der Waals surface area contributed by atoms with Crippen molar-refractivity contribution < 1.29 is 22.7 Å². The Hall–Kier alpha value is -3.39. The molecule has 0 amide bonds. The SMILES string of the molecule is CC(=O)c1cccc(NC(=S)Nc2ccccc2Oc2cccc(C(F)(F)F)c2)c1. The summed E-state index contributed by atoms with van der Waals surface area (Å²) in [5.74, 6) is 0.280. The van der Waals surface area contributed by atoms with Crippen molar-refractivity contribution in [2.24, 2.45) is 0 Å². The maximum absolute atomic E-state index is 12.9. The van der Waals surface area contributed by atoms with Crippen LogP contribution >= 0.6 is 12.2 Å². The molecule has 0 radical (unpaired) electrons. The Balaban J connectivity index is 1.75. The molecule has 30 heavy (non-hydrogen) atoms. The quantitative estimate of drug-likeness (QED) is 0.357. The van der Waals surface area contributed by atoms with Gasteiger partial charge in [-0.2, -0.15) is 13.2 Å². The number of benzene rings is 3. The van der Waals surface area contributed by atoms with Crippen molar-refractivity contribution in [3.05, 3.63) is 83.9 Å². The molecule has 0 spiro atoms. The van der Waals surface area contributed by atoms with Crippen LogP contribution in [0.15, 0.2) is 72.8 Å². The van der Waals surface area contributed by atoms with Crippen molar-refractivity contribution in [2.75, 3.05) is 10.6 Å². The van der Waals surface area contributed by atoms with Crippen molar-refractivity contribution in [3.8, 4) is 11.5 Å². The van der Waals surface area contributed by atoms with Crippen LogP contribution in [-0.2, 0) is 6.18 Å². The van der Waals surface area contributed by atoms with Crippen LogP contribution < -0.4 is 15.4 Å². The van der Waals surface area contributed by atoms with Gasteiger partial charge in [-0.3, -0.25) is 4.79 Å². The van der Waals surface area contributed by atoms with Gasteiger partial charge in [-0.15, -0.1) is 0 Å². The van der Waals surface area contributed by atoms with Crippen LogP contribution in [0.25, 0.3) is 0 Å². The van der Waals surface area contributed by atoms with Crippen LogP contribution in [0.3, 0.4) is 0 Å². The van der Waals surface area contributed by atoms with Gasteiger partial charge in [-0.1, -0.05) is 30.3 Å². The number of halogens is 3. The molecule has 0 heterocycles. The van der Waals surface area contributed by atoms with E-state index in [0.29, 0.717) is 22.7 Å². The van der Waals surface area contributed by atoms with Gasteiger partial charge in [0.15, 0.2) is 16.6 Å². The number of carbonyl (C=O) groups excluding carboxylic acids is 1. The van der Waals surface area contributed by atoms with E-state index in [-0.39, 0.29) is 16.6 Å². The molecule has 0 saturated carbocycles. The van der Waals surface area contributed by atoms with Gasteiger partial charge in [-0.25, -0.2) is 0 Å². The number of anilines is 2. The molecule has 0 fully saturated rings. The average molecular weight is 430 g/mol. The molecule has 3 rings (SSSR count). The third-order valence-electron chi connectivity index (χ3n) is 4.05. The molecule has 0 aromatic heterocycles. The van der Waals surface area contributed by atoms with E-state index in [4.69, 9.17) is 17.0 Å². The Bertz CT molecular complexity index is 1080. The lowest BCUT2D eigenvalue weighted by atomic mass is 10.1. The number of thiocarbonyl (C=S) groups is 1. The third kappa shape index (κ3) is 5.57. The molecule has 8 heteroatoms. The minimum Gasteiger partial charge on any atom is -0.455 e. The molecule has 0 aliphatic rings. The van der Waals surface area contributed by atoms with Crippen molar-refractivity contribution in [3.63, 3.8) is 0 Å². The lowest BCUT2D eigenvalue weighted by molar-refractivity contribution is -0.137. The predicted octanol–water partition coefficient (Wildman–Crippen LogP) is 6.51.